The second-order valence-electron chi connectivity index (χ2n) is 14.5. The molecule has 0 atom stereocenters. The number of benzene rings is 8. The number of nitrogens with zero attached hydrogens (tertiary/aromatic N) is 3. The van der Waals surface area contributed by atoms with Gasteiger partial charge in [0, 0.05) is 39.9 Å². The van der Waals surface area contributed by atoms with Gasteiger partial charge in [-0.2, -0.15) is 0 Å². The van der Waals surface area contributed by atoms with Crippen LogP contribution in [0.3, 0.4) is 0 Å². The van der Waals surface area contributed by atoms with Crippen LogP contribution >= 0.6 is 0 Å². The third-order valence-electron chi connectivity index (χ3n) is 11.4. The van der Waals surface area contributed by atoms with Crippen molar-refractivity contribution in [1.82, 2.24) is 4.57 Å². The van der Waals surface area contributed by atoms with Gasteiger partial charge in [-0.1, -0.05) is 109 Å². The summed E-state index contributed by atoms with van der Waals surface area (Å²) in [6.07, 6.45) is 0. The standard InChI is InChI=1S/C50H32BN3O2/c1-5-17-33(18-6-1)52(34-19-7-2-8-20-34)37-31-42-47-45(32-37)55-44-28-16-14-26-39(44)51(47)40-29-30-41(53(35-21-9-3-10-22-35)36-23-11-4-12-24-36)46-49(40)54(42)48-38-25-13-15-27-43(38)56-50(46)48/h1-32H. The molecular formula is C50H32BN3O2. The lowest BCUT2D eigenvalue weighted by Crippen LogP contribution is -2.58. The third kappa shape index (κ3) is 4.44. The van der Waals surface area contributed by atoms with E-state index < -0.39 is 0 Å². The molecule has 0 aliphatic carbocycles. The summed E-state index contributed by atoms with van der Waals surface area (Å²) in [5.41, 5.74) is 14.9. The van der Waals surface area contributed by atoms with Gasteiger partial charge in [-0.25, -0.2) is 0 Å². The van der Waals surface area contributed by atoms with Gasteiger partial charge >= 0.3 is 0 Å². The molecule has 0 spiro atoms. The fourth-order valence-electron chi connectivity index (χ4n) is 9.13. The van der Waals surface area contributed by atoms with E-state index in [0.29, 0.717) is 0 Å². The van der Waals surface area contributed by atoms with Crippen molar-refractivity contribution in [3.63, 3.8) is 0 Å². The minimum absolute atomic E-state index is 0.0582. The summed E-state index contributed by atoms with van der Waals surface area (Å²) < 4.78 is 16.4. The van der Waals surface area contributed by atoms with Crippen molar-refractivity contribution in [3.8, 4) is 17.2 Å². The maximum absolute atomic E-state index is 7.02. The van der Waals surface area contributed by atoms with Crippen LogP contribution in [0.5, 0.6) is 11.5 Å². The number of anilines is 6. The van der Waals surface area contributed by atoms with E-state index >= 15 is 0 Å². The Balaban J connectivity index is 1.24. The Labute approximate surface area is 323 Å². The van der Waals surface area contributed by atoms with Crippen molar-refractivity contribution >= 4 is 90.2 Å². The molecule has 0 saturated heterocycles. The summed E-state index contributed by atoms with van der Waals surface area (Å²) in [5, 5.41) is 2.14. The number of ether oxygens (including phenoxy) is 1. The summed E-state index contributed by atoms with van der Waals surface area (Å²) in [4.78, 5) is 4.68. The zero-order chi connectivity index (χ0) is 36.7. The van der Waals surface area contributed by atoms with Gasteiger partial charge in [-0.15, -0.1) is 0 Å². The van der Waals surface area contributed by atoms with E-state index in [1.807, 2.05) is 0 Å². The Kier molecular flexibility index (Phi) is 6.66. The number of fused-ring (bicyclic) bond motifs is 9. The van der Waals surface area contributed by atoms with Crippen LogP contribution in [0.25, 0.3) is 38.7 Å². The van der Waals surface area contributed by atoms with Crippen LogP contribution in [0.15, 0.2) is 199 Å². The molecule has 0 radical (unpaired) electrons. The molecule has 0 N–H and O–H groups in total. The van der Waals surface area contributed by atoms with Crippen molar-refractivity contribution in [1.29, 1.82) is 0 Å². The number of rotatable bonds is 6. The van der Waals surface area contributed by atoms with Gasteiger partial charge in [0.05, 0.1) is 22.3 Å². The number of hydrogen-bond donors (Lipinski definition) is 0. The Hall–Kier alpha value is -7.44. The molecule has 2 aromatic heterocycles. The smallest absolute Gasteiger partial charge is 0.256 e. The normalized spacial score (nSPS) is 12.4. The molecule has 12 rings (SSSR count). The monoisotopic (exact) mass is 717 g/mol. The topological polar surface area (TPSA) is 33.8 Å². The van der Waals surface area contributed by atoms with E-state index in [0.717, 1.165) is 95.2 Å². The van der Waals surface area contributed by atoms with E-state index in [2.05, 4.69) is 208 Å². The van der Waals surface area contributed by atoms with E-state index in [1.165, 1.54) is 5.46 Å². The van der Waals surface area contributed by atoms with Crippen molar-refractivity contribution in [2.24, 2.45) is 0 Å². The minimum Gasteiger partial charge on any atom is -0.458 e. The first-order chi connectivity index (χ1) is 27.8. The Bertz CT molecular complexity index is 3040. The first kappa shape index (κ1) is 31.0. The number of para-hydroxylation sites is 6. The Morgan fingerprint density at radius 1 is 0.446 bits per heavy atom. The Morgan fingerprint density at radius 3 is 1.68 bits per heavy atom. The van der Waals surface area contributed by atoms with Gasteiger partial charge in [0.15, 0.2) is 5.58 Å². The maximum Gasteiger partial charge on any atom is 0.256 e. The van der Waals surface area contributed by atoms with Gasteiger partial charge in [-0.05, 0) is 95.3 Å². The van der Waals surface area contributed by atoms with Gasteiger partial charge in [-0.3, -0.25) is 0 Å². The summed E-state index contributed by atoms with van der Waals surface area (Å²) in [6.45, 7) is -0.0582. The van der Waals surface area contributed by atoms with Crippen molar-refractivity contribution < 1.29 is 9.15 Å². The van der Waals surface area contributed by atoms with Crippen LogP contribution < -0.4 is 30.9 Å². The highest BCUT2D eigenvalue weighted by Gasteiger charge is 2.42. The molecule has 6 heteroatoms. The first-order valence-corrected chi connectivity index (χ1v) is 19.1. The maximum atomic E-state index is 7.02. The van der Waals surface area contributed by atoms with Crippen LogP contribution in [-0.2, 0) is 0 Å². The summed E-state index contributed by atoms with van der Waals surface area (Å²) in [5.74, 6) is 1.73. The second-order valence-corrected chi connectivity index (χ2v) is 14.5. The molecule has 0 fully saturated rings. The molecule has 8 aromatic carbocycles. The van der Waals surface area contributed by atoms with Crippen molar-refractivity contribution in [3.05, 3.63) is 194 Å². The minimum atomic E-state index is -0.0582. The fraction of sp³-hybridized carbons (Fsp3) is 0. The largest absolute Gasteiger partial charge is 0.458 e. The highest BCUT2D eigenvalue weighted by atomic mass is 16.5. The lowest BCUT2D eigenvalue weighted by Gasteiger charge is -2.35. The van der Waals surface area contributed by atoms with Gasteiger partial charge in [0.1, 0.15) is 22.6 Å². The molecule has 2 aliphatic heterocycles. The first-order valence-electron chi connectivity index (χ1n) is 19.1. The van der Waals surface area contributed by atoms with E-state index in [9.17, 15) is 0 Å². The van der Waals surface area contributed by atoms with E-state index in [1.54, 1.807) is 0 Å². The third-order valence-corrected chi connectivity index (χ3v) is 11.4. The average molecular weight is 718 g/mol. The molecule has 4 heterocycles. The van der Waals surface area contributed by atoms with Crippen LogP contribution in [-0.4, -0.2) is 11.3 Å². The molecule has 262 valence electrons. The summed E-state index contributed by atoms with van der Waals surface area (Å²) in [7, 11) is 0. The van der Waals surface area contributed by atoms with Gasteiger partial charge < -0.3 is 23.5 Å². The molecule has 10 aromatic rings. The van der Waals surface area contributed by atoms with Crippen LogP contribution in [0.1, 0.15) is 0 Å². The van der Waals surface area contributed by atoms with Crippen molar-refractivity contribution in [2.45, 2.75) is 0 Å². The van der Waals surface area contributed by atoms with Crippen LogP contribution in [0.4, 0.5) is 34.1 Å². The summed E-state index contributed by atoms with van der Waals surface area (Å²) in [6, 6.07) is 68.5. The predicted octanol–water partition coefficient (Wildman–Crippen LogP) is 11.4. The number of aromatic nitrogens is 1. The molecule has 5 nitrogen and oxygen atoms in total. The highest BCUT2D eigenvalue weighted by Crippen LogP contribution is 2.49. The summed E-state index contributed by atoms with van der Waals surface area (Å²) >= 11 is 0. The SMILES string of the molecule is c1ccc(N(c2ccccc2)c2cc3c4c(c2)-n2c5c(ccc(N(c6ccccc6)c6ccccc6)c5c5oc6ccccc6c52)B4c2ccccc2O3)cc1. The lowest BCUT2D eigenvalue weighted by molar-refractivity contribution is 0.487. The molecular weight excluding hydrogens is 685 g/mol. The predicted molar refractivity (Wildman–Crippen MR) is 231 cm³/mol. The highest BCUT2D eigenvalue weighted by molar-refractivity contribution is 6.99. The zero-order valence-corrected chi connectivity index (χ0v) is 30.2. The molecule has 2 aliphatic rings. The van der Waals surface area contributed by atoms with E-state index in [-0.39, 0.29) is 6.71 Å². The van der Waals surface area contributed by atoms with Crippen LogP contribution in [0, 0.1) is 0 Å². The lowest BCUT2D eigenvalue weighted by atomic mass is 9.34. The molecule has 0 unspecified atom stereocenters. The number of furan rings is 1. The quantitative estimate of drug-likeness (QED) is 0.160. The van der Waals surface area contributed by atoms with E-state index in [4.69, 9.17) is 9.15 Å². The van der Waals surface area contributed by atoms with Gasteiger partial charge in [0.2, 0.25) is 0 Å². The fourth-order valence-corrected chi connectivity index (χ4v) is 9.13. The Morgan fingerprint density at radius 2 is 1.02 bits per heavy atom. The van der Waals surface area contributed by atoms with Crippen molar-refractivity contribution in [2.75, 3.05) is 9.80 Å². The van der Waals surface area contributed by atoms with Crippen LogP contribution in [0.2, 0.25) is 0 Å². The average Bonchev–Trinajstić information content (AvgIpc) is 3.80. The zero-order valence-electron chi connectivity index (χ0n) is 30.2. The second kappa shape index (κ2) is 12.0. The molecule has 0 bridgehead atoms. The molecule has 0 amide bonds. The van der Waals surface area contributed by atoms with Gasteiger partial charge in [0.25, 0.3) is 6.71 Å². The molecule has 0 saturated carbocycles. The molecule has 56 heavy (non-hydrogen) atoms. The number of hydrogen-bond acceptors (Lipinski definition) is 4.